The molecule has 1 atom stereocenters. The highest BCUT2D eigenvalue weighted by Gasteiger charge is 2.34. The van der Waals surface area contributed by atoms with Crippen molar-refractivity contribution in [1.82, 2.24) is 5.32 Å². The zero-order chi connectivity index (χ0) is 20.1. The number of rotatable bonds is 6. The predicted octanol–water partition coefficient (Wildman–Crippen LogP) is 1.49. The molecule has 0 aliphatic carbocycles. The van der Waals surface area contributed by atoms with Crippen LogP contribution < -0.4 is 21.4 Å². The van der Waals surface area contributed by atoms with Crippen molar-refractivity contribution in [2.45, 2.75) is 19.4 Å². The summed E-state index contributed by atoms with van der Waals surface area (Å²) in [6.45, 7) is 2.34. The summed E-state index contributed by atoms with van der Waals surface area (Å²) in [5.74, 6) is -1.23. The summed E-state index contributed by atoms with van der Waals surface area (Å²) in [5.41, 5.74) is 7.26. The number of carbonyl (C=O) groups excluding carboxylic acids is 3. The number of amides is 3. The van der Waals surface area contributed by atoms with Crippen molar-refractivity contribution < 1.29 is 14.4 Å². The van der Waals surface area contributed by atoms with E-state index in [4.69, 9.17) is 5.73 Å². The Morgan fingerprint density at radius 3 is 2.54 bits per heavy atom. The summed E-state index contributed by atoms with van der Waals surface area (Å²) < 4.78 is 0. The number of nitrogens with one attached hydrogen (secondary N) is 2. The van der Waals surface area contributed by atoms with Gasteiger partial charge in [-0.05, 0) is 37.3 Å². The van der Waals surface area contributed by atoms with E-state index in [9.17, 15) is 14.4 Å². The highest BCUT2D eigenvalue weighted by Crippen LogP contribution is 2.24. The molecular formula is C20H21N5O3. The van der Waals surface area contributed by atoms with Gasteiger partial charge in [-0.25, -0.2) is 0 Å². The van der Waals surface area contributed by atoms with Crippen molar-refractivity contribution in [2.75, 3.05) is 16.9 Å². The molecule has 0 saturated carbocycles. The van der Waals surface area contributed by atoms with Crippen LogP contribution in [-0.4, -0.2) is 36.0 Å². The van der Waals surface area contributed by atoms with E-state index in [1.807, 2.05) is 25.1 Å². The number of carbonyl (C=O) groups is 3. The molecule has 0 spiro atoms. The lowest BCUT2D eigenvalue weighted by atomic mass is 10.1. The van der Waals surface area contributed by atoms with Gasteiger partial charge in [-0.1, -0.05) is 24.3 Å². The third-order valence-corrected chi connectivity index (χ3v) is 4.24. The molecule has 8 heteroatoms. The summed E-state index contributed by atoms with van der Waals surface area (Å²) in [5, 5.41) is 11.2. The Morgan fingerprint density at radius 2 is 1.86 bits per heavy atom. The van der Waals surface area contributed by atoms with Crippen LogP contribution >= 0.6 is 0 Å². The van der Waals surface area contributed by atoms with E-state index in [1.165, 1.54) is 5.01 Å². The molecule has 4 N–H and O–H groups in total. The molecule has 144 valence electrons. The van der Waals surface area contributed by atoms with Gasteiger partial charge in [0, 0.05) is 24.2 Å². The summed E-state index contributed by atoms with van der Waals surface area (Å²) in [4.78, 5) is 36.4. The molecule has 0 saturated heterocycles. The zero-order valence-corrected chi connectivity index (χ0v) is 15.4. The van der Waals surface area contributed by atoms with Crippen molar-refractivity contribution in [3.63, 3.8) is 0 Å². The molecule has 28 heavy (non-hydrogen) atoms. The summed E-state index contributed by atoms with van der Waals surface area (Å²) in [7, 11) is 0. The zero-order valence-electron chi connectivity index (χ0n) is 15.4. The molecule has 2 aromatic carbocycles. The highest BCUT2D eigenvalue weighted by atomic mass is 16.2. The first-order chi connectivity index (χ1) is 13.5. The fourth-order valence-electron chi connectivity index (χ4n) is 2.89. The van der Waals surface area contributed by atoms with Gasteiger partial charge < -0.3 is 16.4 Å². The fraction of sp³-hybridized carbons (Fsp3) is 0.200. The molecule has 2 aromatic rings. The average Bonchev–Trinajstić information content (AvgIpc) is 3.15. The lowest BCUT2D eigenvalue weighted by Gasteiger charge is -2.20. The molecule has 0 radical (unpaired) electrons. The predicted molar refractivity (Wildman–Crippen MR) is 107 cm³/mol. The van der Waals surface area contributed by atoms with Gasteiger partial charge in [-0.2, -0.15) is 5.10 Å². The topological polar surface area (TPSA) is 117 Å². The molecule has 0 fully saturated rings. The quantitative estimate of drug-likeness (QED) is 0.705. The lowest BCUT2D eigenvalue weighted by Crippen LogP contribution is -2.39. The summed E-state index contributed by atoms with van der Waals surface area (Å²) in [6.07, 6.45) is 0.103. The Balaban J connectivity index is 1.78. The third-order valence-electron chi connectivity index (χ3n) is 4.24. The minimum Gasteiger partial charge on any atom is -0.368 e. The number of primary amides is 1. The molecule has 3 amide bonds. The van der Waals surface area contributed by atoms with Gasteiger partial charge in [0.2, 0.25) is 5.91 Å². The molecule has 0 aromatic heterocycles. The van der Waals surface area contributed by atoms with Gasteiger partial charge in [0.1, 0.15) is 11.8 Å². The second-order valence-corrected chi connectivity index (χ2v) is 6.24. The highest BCUT2D eigenvalue weighted by molar-refractivity contribution is 6.44. The first-order valence-corrected chi connectivity index (χ1v) is 8.90. The molecule has 8 nitrogen and oxygen atoms in total. The van der Waals surface area contributed by atoms with E-state index in [2.05, 4.69) is 15.7 Å². The van der Waals surface area contributed by atoms with Gasteiger partial charge in [-0.3, -0.25) is 19.4 Å². The van der Waals surface area contributed by atoms with Crippen LogP contribution in [0.1, 0.15) is 23.7 Å². The molecular weight excluding hydrogens is 358 g/mol. The maximum atomic E-state index is 12.6. The molecule has 0 bridgehead atoms. The molecule has 1 unspecified atom stereocenters. The second-order valence-electron chi connectivity index (χ2n) is 6.24. The number of hydrogen-bond acceptors (Lipinski definition) is 5. The normalized spacial score (nSPS) is 15.7. The van der Waals surface area contributed by atoms with E-state index in [1.54, 1.807) is 36.4 Å². The molecule has 1 heterocycles. The van der Waals surface area contributed by atoms with Crippen molar-refractivity contribution >= 4 is 34.8 Å². The van der Waals surface area contributed by atoms with Crippen LogP contribution in [0.4, 0.5) is 11.4 Å². The van der Waals surface area contributed by atoms with Gasteiger partial charge in [0.25, 0.3) is 11.8 Å². The number of hydrazone groups is 1. The van der Waals surface area contributed by atoms with Crippen LogP contribution in [0.5, 0.6) is 0 Å². The summed E-state index contributed by atoms with van der Waals surface area (Å²) >= 11 is 0. The third kappa shape index (κ3) is 4.17. The van der Waals surface area contributed by atoms with Crippen molar-refractivity contribution in [2.24, 2.45) is 10.8 Å². The Hall–Kier alpha value is -3.68. The minimum atomic E-state index is -0.732. The Morgan fingerprint density at radius 1 is 1.11 bits per heavy atom. The van der Waals surface area contributed by atoms with Gasteiger partial charge >= 0.3 is 0 Å². The van der Waals surface area contributed by atoms with Crippen molar-refractivity contribution in [3.8, 4) is 0 Å². The Labute approximate surface area is 162 Å². The number of para-hydroxylation sites is 1. The monoisotopic (exact) mass is 379 g/mol. The summed E-state index contributed by atoms with van der Waals surface area (Å²) in [6, 6.07) is 14.9. The minimum absolute atomic E-state index is 0.103. The number of nitrogens with zero attached hydrogens (tertiary/aromatic N) is 2. The molecule has 3 rings (SSSR count). The molecule has 1 aliphatic rings. The van der Waals surface area contributed by atoms with Gasteiger partial charge in [0.15, 0.2) is 0 Å². The SMILES string of the molecule is CCNC(=O)c1cccc(NC(=O)C2=NN(c3ccccc3)C(C(N)=O)C2)c1. The van der Waals surface area contributed by atoms with Crippen LogP contribution in [-0.2, 0) is 9.59 Å². The van der Waals surface area contributed by atoms with Gasteiger partial charge in [0.05, 0.1) is 5.69 Å². The second kappa shape index (κ2) is 8.34. The number of nitrogens with two attached hydrogens (primary N) is 1. The first-order valence-electron chi connectivity index (χ1n) is 8.90. The van der Waals surface area contributed by atoms with Crippen molar-refractivity contribution in [1.29, 1.82) is 0 Å². The van der Waals surface area contributed by atoms with E-state index >= 15 is 0 Å². The van der Waals surface area contributed by atoms with E-state index in [-0.39, 0.29) is 18.0 Å². The van der Waals surface area contributed by atoms with Crippen LogP contribution in [0.15, 0.2) is 59.7 Å². The van der Waals surface area contributed by atoms with Crippen LogP contribution in [0.3, 0.4) is 0 Å². The maximum Gasteiger partial charge on any atom is 0.271 e. The van der Waals surface area contributed by atoms with Crippen molar-refractivity contribution in [3.05, 3.63) is 60.2 Å². The smallest absolute Gasteiger partial charge is 0.271 e. The number of benzene rings is 2. The largest absolute Gasteiger partial charge is 0.368 e. The van der Waals surface area contributed by atoms with Crippen LogP contribution in [0, 0.1) is 0 Å². The van der Waals surface area contributed by atoms with Gasteiger partial charge in [-0.15, -0.1) is 0 Å². The van der Waals surface area contributed by atoms with Crippen LogP contribution in [0.2, 0.25) is 0 Å². The lowest BCUT2D eigenvalue weighted by molar-refractivity contribution is -0.119. The number of hydrogen-bond donors (Lipinski definition) is 3. The average molecular weight is 379 g/mol. The van der Waals surface area contributed by atoms with E-state index in [0.717, 1.165) is 0 Å². The maximum absolute atomic E-state index is 12.6. The standard InChI is InChI=1S/C20H21N5O3/c1-2-22-19(27)13-7-6-8-14(11-13)23-20(28)16-12-17(18(21)26)25(24-16)15-9-4-3-5-10-15/h3-11,17H,2,12H2,1H3,(H2,21,26)(H,22,27)(H,23,28). The fourth-order valence-corrected chi connectivity index (χ4v) is 2.89. The van der Waals surface area contributed by atoms with E-state index < -0.39 is 17.9 Å². The first kappa shape index (κ1) is 19.1. The molecule has 1 aliphatic heterocycles. The van der Waals surface area contributed by atoms with E-state index in [0.29, 0.717) is 23.5 Å². The van der Waals surface area contributed by atoms with Crippen LogP contribution in [0.25, 0.3) is 0 Å². The number of anilines is 2. The Bertz CT molecular complexity index is 926. The Kier molecular flexibility index (Phi) is 5.69.